The van der Waals surface area contributed by atoms with Gasteiger partial charge in [-0.05, 0) is 48.2 Å². The molecule has 1 fully saturated rings. The van der Waals surface area contributed by atoms with Crippen LogP contribution in [0.25, 0.3) is 0 Å². The first-order valence-electron chi connectivity index (χ1n) is 6.97. The van der Waals surface area contributed by atoms with Crippen LogP contribution in [0, 0.1) is 11.6 Å². The Morgan fingerprint density at radius 1 is 0.905 bits per heavy atom. The Bertz CT molecular complexity index is 556. The summed E-state index contributed by atoms with van der Waals surface area (Å²) >= 11 is 0. The quantitative estimate of drug-likeness (QED) is 0.939. The Hall–Kier alpha value is -1.78. The number of benzene rings is 2. The summed E-state index contributed by atoms with van der Waals surface area (Å²) in [4.78, 5) is 0. The molecular weight excluding hydrogens is 274 g/mol. The van der Waals surface area contributed by atoms with E-state index in [9.17, 15) is 13.9 Å². The molecule has 0 bridgehead atoms. The van der Waals surface area contributed by atoms with E-state index in [2.05, 4.69) is 0 Å². The van der Waals surface area contributed by atoms with Crippen molar-refractivity contribution in [2.45, 2.75) is 24.5 Å². The Kier molecular flexibility index (Phi) is 3.74. The monoisotopic (exact) mass is 290 g/mol. The Morgan fingerprint density at radius 2 is 1.38 bits per heavy atom. The molecule has 3 rings (SSSR count). The first-order chi connectivity index (χ1) is 10.1. The maximum absolute atomic E-state index is 13.1. The zero-order chi connectivity index (χ0) is 14.9. The molecule has 0 saturated carbocycles. The van der Waals surface area contributed by atoms with Crippen LogP contribution in [-0.4, -0.2) is 17.8 Å². The van der Waals surface area contributed by atoms with Gasteiger partial charge in [-0.15, -0.1) is 0 Å². The molecule has 4 heteroatoms. The average Bonchev–Trinajstić information content (AvgIpc) is 3.02. The Labute approximate surface area is 122 Å². The number of halogens is 2. The second-order valence-electron chi connectivity index (χ2n) is 5.28. The molecular formula is C17H16F2O2. The molecule has 2 aromatic rings. The third-order valence-corrected chi connectivity index (χ3v) is 3.96. The van der Waals surface area contributed by atoms with E-state index in [4.69, 9.17) is 4.74 Å². The van der Waals surface area contributed by atoms with Crippen LogP contribution in [0.5, 0.6) is 0 Å². The summed E-state index contributed by atoms with van der Waals surface area (Å²) in [6.07, 6.45) is 1.13. The van der Waals surface area contributed by atoms with Gasteiger partial charge in [-0.3, -0.25) is 0 Å². The first kappa shape index (κ1) is 14.2. The molecule has 2 aromatic carbocycles. The van der Waals surface area contributed by atoms with E-state index in [1.807, 2.05) is 0 Å². The van der Waals surface area contributed by atoms with Crippen LogP contribution in [-0.2, 0) is 10.3 Å². The Balaban J connectivity index is 2.09. The predicted octanol–water partition coefficient (Wildman–Crippen LogP) is 3.38. The van der Waals surface area contributed by atoms with Crippen molar-refractivity contribution in [3.05, 3.63) is 71.3 Å². The van der Waals surface area contributed by atoms with Crippen LogP contribution in [0.15, 0.2) is 48.5 Å². The zero-order valence-corrected chi connectivity index (χ0v) is 11.4. The third-order valence-electron chi connectivity index (χ3n) is 3.96. The van der Waals surface area contributed by atoms with Crippen LogP contribution in [0.3, 0.4) is 0 Å². The van der Waals surface area contributed by atoms with Gasteiger partial charge in [0.2, 0.25) is 0 Å². The van der Waals surface area contributed by atoms with E-state index < -0.39 is 11.7 Å². The molecule has 21 heavy (non-hydrogen) atoms. The normalized spacial score (nSPS) is 18.9. The standard InChI is InChI=1S/C17H16F2O2/c18-14-7-3-12(4-8-14)17(20,16-2-1-11-21-16)13-5-9-15(19)10-6-13/h3-10,16,20H,1-2,11H2. The molecule has 1 saturated heterocycles. The lowest BCUT2D eigenvalue weighted by atomic mass is 9.80. The van der Waals surface area contributed by atoms with Crippen LogP contribution < -0.4 is 0 Å². The summed E-state index contributed by atoms with van der Waals surface area (Å²) in [5.74, 6) is -0.736. The van der Waals surface area contributed by atoms with E-state index in [0.717, 1.165) is 6.42 Å². The van der Waals surface area contributed by atoms with Gasteiger partial charge in [0, 0.05) is 6.61 Å². The number of ether oxygens (including phenoxy) is 1. The minimum absolute atomic E-state index is 0.368. The number of hydrogen-bond acceptors (Lipinski definition) is 2. The number of aliphatic hydroxyl groups is 1. The molecule has 1 N–H and O–H groups in total. The van der Waals surface area contributed by atoms with Crippen molar-refractivity contribution in [3.63, 3.8) is 0 Å². The van der Waals surface area contributed by atoms with Crippen molar-refractivity contribution in [2.75, 3.05) is 6.61 Å². The summed E-state index contributed by atoms with van der Waals surface area (Å²) in [5, 5.41) is 11.3. The lowest BCUT2D eigenvalue weighted by Crippen LogP contribution is -2.40. The van der Waals surface area contributed by atoms with E-state index >= 15 is 0 Å². The molecule has 110 valence electrons. The Morgan fingerprint density at radius 3 is 1.76 bits per heavy atom. The highest BCUT2D eigenvalue weighted by molar-refractivity contribution is 5.38. The molecule has 0 spiro atoms. The SMILES string of the molecule is OC(c1ccc(F)cc1)(c1ccc(F)cc1)C1CCCO1. The molecule has 0 radical (unpaired) electrons. The van der Waals surface area contributed by atoms with Gasteiger partial charge in [0.25, 0.3) is 0 Å². The van der Waals surface area contributed by atoms with Crippen molar-refractivity contribution in [1.29, 1.82) is 0 Å². The van der Waals surface area contributed by atoms with Crippen molar-refractivity contribution in [2.24, 2.45) is 0 Å². The molecule has 2 nitrogen and oxygen atoms in total. The molecule has 1 heterocycles. The summed E-state index contributed by atoms with van der Waals surface area (Å²) in [7, 11) is 0. The molecule has 1 aliphatic rings. The predicted molar refractivity (Wildman–Crippen MR) is 74.8 cm³/mol. The average molecular weight is 290 g/mol. The number of hydrogen-bond donors (Lipinski definition) is 1. The van der Waals surface area contributed by atoms with Gasteiger partial charge in [0.15, 0.2) is 0 Å². The van der Waals surface area contributed by atoms with E-state index in [0.29, 0.717) is 24.2 Å². The van der Waals surface area contributed by atoms with Gasteiger partial charge in [0.1, 0.15) is 17.2 Å². The minimum Gasteiger partial charge on any atom is -0.378 e. The fourth-order valence-electron chi connectivity index (χ4n) is 2.85. The third kappa shape index (κ3) is 2.57. The van der Waals surface area contributed by atoms with Gasteiger partial charge in [-0.25, -0.2) is 8.78 Å². The van der Waals surface area contributed by atoms with E-state index in [-0.39, 0.29) is 11.6 Å². The van der Waals surface area contributed by atoms with Crippen molar-refractivity contribution in [3.8, 4) is 0 Å². The summed E-state index contributed by atoms with van der Waals surface area (Å²) < 4.78 is 31.9. The molecule has 1 atom stereocenters. The van der Waals surface area contributed by atoms with Crippen molar-refractivity contribution >= 4 is 0 Å². The fraction of sp³-hybridized carbons (Fsp3) is 0.294. The van der Waals surface area contributed by atoms with Gasteiger partial charge in [-0.1, -0.05) is 24.3 Å². The largest absolute Gasteiger partial charge is 0.378 e. The fourth-order valence-corrected chi connectivity index (χ4v) is 2.85. The summed E-state index contributed by atoms with van der Waals surface area (Å²) in [6.45, 7) is 0.579. The van der Waals surface area contributed by atoms with Crippen LogP contribution in [0.2, 0.25) is 0 Å². The first-order valence-corrected chi connectivity index (χ1v) is 6.97. The van der Waals surface area contributed by atoms with E-state index in [1.54, 1.807) is 24.3 Å². The molecule has 1 aliphatic heterocycles. The molecule has 0 amide bonds. The van der Waals surface area contributed by atoms with Crippen LogP contribution in [0.1, 0.15) is 24.0 Å². The smallest absolute Gasteiger partial charge is 0.141 e. The highest BCUT2D eigenvalue weighted by Gasteiger charge is 2.42. The van der Waals surface area contributed by atoms with Crippen LogP contribution in [0.4, 0.5) is 8.78 Å². The topological polar surface area (TPSA) is 29.5 Å². The van der Waals surface area contributed by atoms with Gasteiger partial charge in [-0.2, -0.15) is 0 Å². The van der Waals surface area contributed by atoms with Gasteiger partial charge >= 0.3 is 0 Å². The maximum Gasteiger partial charge on any atom is 0.141 e. The van der Waals surface area contributed by atoms with Crippen LogP contribution >= 0.6 is 0 Å². The number of rotatable bonds is 3. The van der Waals surface area contributed by atoms with Crippen molar-refractivity contribution < 1.29 is 18.6 Å². The molecule has 0 aromatic heterocycles. The molecule has 0 aliphatic carbocycles. The van der Waals surface area contributed by atoms with Gasteiger partial charge < -0.3 is 9.84 Å². The summed E-state index contributed by atoms with van der Waals surface area (Å²) in [6, 6.07) is 11.4. The maximum atomic E-state index is 13.1. The highest BCUT2D eigenvalue weighted by Crippen LogP contribution is 2.39. The summed E-state index contributed by atoms with van der Waals surface area (Å²) in [5.41, 5.74) is -0.317. The zero-order valence-electron chi connectivity index (χ0n) is 11.4. The van der Waals surface area contributed by atoms with E-state index in [1.165, 1.54) is 24.3 Å². The van der Waals surface area contributed by atoms with Crippen molar-refractivity contribution in [1.82, 2.24) is 0 Å². The lowest BCUT2D eigenvalue weighted by molar-refractivity contribution is -0.0620. The lowest BCUT2D eigenvalue weighted by Gasteiger charge is -2.34. The second kappa shape index (κ2) is 5.54. The molecule has 1 unspecified atom stereocenters. The second-order valence-corrected chi connectivity index (χ2v) is 5.28. The highest BCUT2D eigenvalue weighted by atomic mass is 19.1. The van der Waals surface area contributed by atoms with Gasteiger partial charge in [0.05, 0.1) is 6.10 Å². The minimum atomic E-state index is -1.40.